The second-order valence-corrected chi connectivity index (χ2v) is 13.2. The Hall–Kier alpha value is -4.35. The zero-order valence-corrected chi connectivity index (χ0v) is 26.4. The molecule has 1 aromatic heterocycles. The number of nitrogens with zero attached hydrogens (tertiary/aromatic N) is 6. The van der Waals surface area contributed by atoms with Crippen molar-refractivity contribution in [1.29, 1.82) is 0 Å². The molecule has 2 fully saturated rings. The van der Waals surface area contributed by atoms with Gasteiger partial charge in [-0.2, -0.15) is 0 Å². The fraction of sp³-hybridized carbons (Fsp3) is 0.457. The molecule has 1 spiro atoms. The highest BCUT2D eigenvalue weighted by Gasteiger charge is 2.76. The Morgan fingerprint density at radius 3 is 2.37 bits per heavy atom. The maximum Gasteiger partial charge on any atom is 0.250 e. The first-order chi connectivity index (χ1) is 22.2. The van der Waals surface area contributed by atoms with Gasteiger partial charge >= 0.3 is 0 Å². The summed E-state index contributed by atoms with van der Waals surface area (Å²) < 4.78 is 8.77. The van der Waals surface area contributed by atoms with Gasteiger partial charge in [0.2, 0.25) is 11.8 Å². The molecule has 2 aromatic carbocycles. The number of carbonyl (C=O) groups excluding carboxylic acids is 3. The molecule has 4 aliphatic heterocycles. The Labute approximate surface area is 268 Å². The third-order valence-electron chi connectivity index (χ3n) is 10.3. The molecule has 4 aliphatic rings. The first-order valence-electron chi connectivity index (χ1n) is 16.1. The van der Waals surface area contributed by atoms with Crippen LogP contribution in [0.15, 0.2) is 78.9 Å². The lowest BCUT2D eigenvalue weighted by atomic mass is 9.73. The van der Waals surface area contributed by atoms with Crippen molar-refractivity contribution in [3.63, 3.8) is 0 Å². The molecule has 7 rings (SSSR count). The van der Waals surface area contributed by atoms with Crippen molar-refractivity contribution in [2.75, 3.05) is 19.7 Å². The number of para-hydroxylation sites is 1. The van der Waals surface area contributed by atoms with Crippen molar-refractivity contribution in [1.82, 2.24) is 29.7 Å². The molecule has 0 bridgehead atoms. The molecule has 0 saturated carbocycles. The van der Waals surface area contributed by atoms with Crippen molar-refractivity contribution in [2.24, 2.45) is 17.8 Å². The summed E-state index contributed by atoms with van der Waals surface area (Å²) >= 11 is 0. The Morgan fingerprint density at radius 1 is 0.913 bits per heavy atom. The summed E-state index contributed by atoms with van der Waals surface area (Å²) in [6, 6.07) is 15.6. The summed E-state index contributed by atoms with van der Waals surface area (Å²) in [5.74, 6) is -2.80. The van der Waals surface area contributed by atoms with Crippen molar-refractivity contribution in [3.8, 4) is 0 Å². The predicted molar refractivity (Wildman–Crippen MR) is 170 cm³/mol. The highest BCUT2D eigenvalue weighted by molar-refractivity contribution is 6.00. The fourth-order valence-corrected chi connectivity index (χ4v) is 8.03. The highest BCUT2D eigenvalue weighted by Crippen LogP contribution is 2.59. The number of fused-ring (bicyclic) bond motifs is 3. The molecule has 3 amide bonds. The molecule has 11 nitrogen and oxygen atoms in total. The van der Waals surface area contributed by atoms with E-state index >= 15 is 0 Å². The van der Waals surface area contributed by atoms with Crippen LogP contribution in [-0.2, 0) is 32.3 Å². The lowest BCUT2D eigenvalue weighted by molar-refractivity contribution is -0.159. The Bertz CT molecular complexity index is 1720. The normalized spacial score (nSPS) is 29.7. The zero-order chi connectivity index (χ0) is 32.2. The summed E-state index contributed by atoms with van der Waals surface area (Å²) in [6.07, 6.45) is 8.06. The van der Waals surface area contributed by atoms with Crippen LogP contribution in [0.5, 0.6) is 0 Å². The second kappa shape index (κ2) is 11.5. The minimum Gasteiger partial charge on any atom is -0.394 e. The number of aliphatic hydroxyl groups excluding tert-OH is 1. The van der Waals surface area contributed by atoms with Crippen LogP contribution in [0.2, 0.25) is 0 Å². The van der Waals surface area contributed by atoms with Crippen LogP contribution >= 0.6 is 0 Å². The number of amides is 3. The van der Waals surface area contributed by atoms with Crippen LogP contribution in [0.1, 0.15) is 32.8 Å². The number of likely N-dealkylation sites (tertiary alicyclic amines) is 1. The molecule has 11 heteroatoms. The maximum absolute atomic E-state index is 14.9. The lowest BCUT2D eigenvalue weighted by Crippen LogP contribution is -2.59. The third kappa shape index (κ3) is 4.51. The number of rotatable bonds is 8. The van der Waals surface area contributed by atoms with Crippen LogP contribution in [0, 0.1) is 17.8 Å². The van der Waals surface area contributed by atoms with Crippen molar-refractivity contribution < 1.29 is 24.2 Å². The molecule has 0 radical (unpaired) electrons. The van der Waals surface area contributed by atoms with Crippen LogP contribution in [-0.4, -0.2) is 95.5 Å². The van der Waals surface area contributed by atoms with Gasteiger partial charge in [-0.1, -0.05) is 92.8 Å². The summed E-state index contributed by atoms with van der Waals surface area (Å²) in [7, 11) is 0. The largest absolute Gasteiger partial charge is 0.394 e. The average Bonchev–Trinajstić information content (AvgIpc) is 3.60. The van der Waals surface area contributed by atoms with Crippen molar-refractivity contribution >= 4 is 28.8 Å². The molecule has 5 heterocycles. The molecule has 46 heavy (non-hydrogen) atoms. The lowest BCUT2D eigenvalue weighted by Gasteiger charge is -2.41. The van der Waals surface area contributed by atoms with E-state index in [1.165, 1.54) is 4.90 Å². The van der Waals surface area contributed by atoms with Gasteiger partial charge in [-0.25, -0.2) is 4.68 Å². The van der Waals surface area contributed by atoms with E-state index in [2.05, 4.69) is 10.3 Å². The van der Waals surface area contributed by atoms with Gasteiger partial charge in [-0.05, 0) is 30.0 Å². The Balaban J connectivity index is 1.32. The molecule has 0 aliphatic carbocycles. The van der Waals surface area contributed by atoms with E-state index in [0.717, 1.165) is 11.1 Å². The van der Waals surface area contributed by atoms with E-state index in [9.17, 15) is 19.5 Å². The number of hydrogen-bond acceptors (Lipinski definition) is 7. The van der Waals surface area contributed by atoms with Gasteiger partial charge in [0, 0.05) is 19.6 Å². The van der Waals surface area contributed by atoms with Crippen LogP contribution in [0.3, 0.4) is 0 Å². The number of hydrogen-bond donors (Lipinski definition) is 1. The molecule has 6 atom stereocenters. The van der Waals surface area contributed by atoms with Crippen LogP contribution < -0.4 is 0 Å². The molecular formula is C35H40N6O5. The van der Waals surface area contributed by atoms with Gasteiger partial charge in [0.05, 0.1) is 35.6 Å². The van der Waals surface area contributed by atoms with E-state index in [1.807, 2.05) is 99.7 Å². The van der Waals surface area contributed by atoms with Crippen LogP contribution in [0.25, 0.3) is 11.0 Å². The number of aromatic nitrogens is 3. The van der Waals surface area contributed by atoms with Gasteiger partial charge in [-0.15, -0.1) is 5.10 Å². The first kappa shape index (κ1) is 30.3. The minimum absolute atomic E-state index is 0.112. The summed E-state index contributed by atoms with van der Waals surface area (Å²) in [5, 5.41) is 19.2. The molecule has 1 unspecified atom stereocenters. The van der Waals surface area contributed by atoms with E-state index in [0.29, 0.717) is 25.0 Å². The van der Waals surface area contributed by atoms with Gasteiger partial charge in [0.25, 0.3) is 5.91 Å². The average molecular weight is 625 g/mol. The number of aliphatic hydroxyl groups is 1. The number of carbonyl (C=O) groups is 3. The molecule has 1 N–H and O–H groups in total. The number of ether oxygens (including phenoxy) is 1. The molecular weight excluding hydrogens is 584 g/mol. The van der Waals surface area contributed by atoms with E-state index < -0.39 is 35.1 Å². The van der Waals surface area contributed by atoms with Gasteiger partial charge in [-0.3, -0.25) is 14.4 Å². The predicted octanol–water partition coefficient (Wildman–Crippen LogP) is 2.76. The van der Waals surface area contributed by atoms with Crippen molar-refractivity contribution in [2.45, 2.75) is 63.7 Å². The summed E-state index contributed by atoms with van der Waals surface area (Å²) in [4.78, 5) is 49.3. The van der Waals surface area contributed by atoms with Crippen LogP contribution in [0.4, 0.5) is 0 Å². The summed E-state index contributed by atoms with van der Waals surface area (Å²) in [5.41, 5.74) is -0.0120. The van der Waals surface area contributed by atoms with E-state index in [1.54, 1.807) is 14.5 Å². The minimum atomic E-state index is -1.41. The zero-order valence-electron chi connectivity index (χ0n) is 26.4. The smallest absolute Gasteiger partial charge is 0.250 e. The van der Waals surface area contributed by atoms with Gasteiger partial charge in [0.15, 0.2) is 0 Å². The SMILES string of the molecule is CC[C@]12C=CCN(Cc3ccccc3)C(=O)[C@H]1[C@H]1C(=O)N([C@@H](CO)C(C)C)C3C(=O)N(Cn4nnc5ccccc54)CC=C[C@@]31O2. The Kier molecular flexibility index (Phi) is 7.56. The van der Waals surface area contributed by atoms with Crippen molar-refractivity contribution in [3.05, 3.63) is 84.5 Å². The van der Waals surface area contributed by atoms with Gasteiger partial charge < -0.3 is 24.5 Å². The highest BCUT2D eigenvalue weighted by atomic mass is 16.5. The van der Waals surface area contributed by atoms with Gasteiger partial charge in [0.1, 0.15) is 23.8 Å². The summed E-state index contributed by atoms with van der Waals surface area (Å²) in [6.45, 7) is 6.61. The fourth-order valence-electron chi connectivity index (χ4n) is 8.03. The maximum atomic E-state index is 14.9. The second-order valence-electron chi connectivity index (χ2n) is 13.2. The monoisotopic (exact) mass is 624 g/mol. The molecule has 240 valence electrons. The molecule has 2 saturated heterocycles. The third-order valence-corrected chi connectivity index (χ3v) is 10.3. The van der Waals surface area contributed by atoms with E-state index in [-0.39, 0.29) is 43.5 Å². The Morgan fingerprint density at radius 2 is 1.63 bits per heavy atom. The number of benzene rings is 2. The standard InChI is InChI=1S/C35H40N6O5/c1-4-34-16-10-18-38(20-24-12-6-5-7-13-24)31(43)28(34)29-32(44)41(27(21-42)23(2)3)30-33(45)39(19-11-17-35(29,30)46-34)22-40-26-15-9-8-14-25(26)36-37-40/h5-17,23,27-30,42H,4,18-22H2,1-3H3/t27-,28+,29-,30?,34-,35-/m0/s1. The molecule has 3 aromatic rings. The topological polar surface area (TPSA) is 121 Å². The van der Waals surface area contributed by atoms with E-state index in [4.69, 9.17) is 4.74 Å². The quantitative estimate of drug-likeness (QED) is 0.383. The first-order valence-corrected chi connectivity index (χ1v) is 16.1.